The lowest BCUT2D eigenvalue weighted by molar-refractivity contribution is 0.217. The van der Waals surface area contributed by atoms with Crippen LogP contribution >= 0.6 is 0 Å². The molecule has 1 unspecified atom stereocenters. The summed E-state index contributed by atoms with van der Waals surface area (Å²) in [7, 11) is 0. The lowest BCUT2D eigenvalue weighted by Gasteiger charge is -2.12. The first-order chi connectivity index (χ1) is 8.19. The van der Waals surface area contributed by atoms with Crippen molar-refractivity contribution in [3.05, 3.63) is 35.4 Å². The second-order valence-electron chi connectivity index (χ2n) is 3.69. The molecule has 0 heterocycles. The largest absolute Gasteiger partial charge is 0.491 e. The number of nitrogens with zero attached hydrogens (tertiary/aromatic N) is 2. The van der Waals surface area contributed by atoms with Gasteiger partial charge < -0.3 is 4.74 Å². The predicted octanol–water partition coefficient (Wildman–Crippen LogP) is 3.29. The molecule has 0 aliphatic rings. The molecule has 0 radical (unpaired) electrons. The van der Waals surface area contributed by atoms with E-state index in [-0.39, 0.29) is 11.7 Å². The van der Waals surface area contributed by atoms with Crippen LogP contribution in [0.2, 0.25) is 0 Å². The number of allylic oxidation sites excluding steroid dienone is 1. The minimum atomic E-state index is 0.0978. The Morgan fingerprint density at radius 2 is 1.88 bits per heavy atom. The van der Waals surface area contributed by atoms with Gasteiger partial charge in [-0.15, -0.1) is 0 Å². The van der Waals surface area contributed by atoms with Crippen LogP contribution in [0.1, 0.15) is 25.8 Å². The molecule has 0 aliphatic heterocycles. The van der Waals surface area contributed by atoms with Gasteiger partial charge in [0.1, 0.15) is 23.5 Å². The van der Waals surface area contributed by atoms with Crippen LogP contribution in [0, 0.1) is 22.7 Å². The second kappa shape index (κ2) is 6.35. The van der Waals surface area contributed by atoms with Crippen molar-refractivity contribution < 1.29 is 4.74 Å². The lowest BCUT2D eigenvalue weighted by atomic mass is 10.1. The van der Waals surface area contributed by atoms with Gasteiger partial charge in [-0.3, -0.25) is 0 Å². The van der Waals surface area contributed by atoms with Crippen LogP contribution in [0.3, 0.4) is 0 Å². The molecule has 86 valence electrons. The standard InChI is InChI=1S/C14H14N2O/c1-3-11(2)17-14-6-4-12(5-7-14)8-13(9-15)10-16/h4-8,11H,3H2,1-2H3. The van der Waals surface area contributed by atoms with Gasteiger partial charge in [-0.1, -0.05) is 19.1 Å². The Bertz CT molecular complexity index is 458. The molecule has 0 aromatic heterocycles. The van der Waals surface area contributed by atoms with E-state index in [0.29, 0.717) is 0 Å². The maximum Gasteiger partial charge on any atom is 0.130 e. The molecule has 0 saturated carbocycles. The van der Waals surface area contributed by atoms with Crippen molar-refractivity contribution in [1.82, 2.24) is 0 Å². The molecule has 1 rings (SSSR count). The Balaban J connectivity index is 2.79. The van der Waals surface area contributed by atoms with Crippen LogP contribution in [0.15, 0.2) is 29.8 Å². The average molecular weight is 226 g/mol. The van der Waals surface area contributed by atoms with Crippen LogP contribution < -0.4 is 4.74 Å². The van der Waals surface area contributed by atoms with Crippen LogP contribution in [-0.4, -0.2) is 6.10 Å². The molecule has 0 spiro atoms. The molecule has 17 heavy (non-hydrogen) atoms. The molecule has 0 fully saturated rings. The average Bonchev–Trinajstić information content (AvgIpc) is 2.37. The Morgan fingerprint density at radius 3 is 2.35 bits per heavy atom. The highest BCUT2D eigenvalue weighted by atomic mass is 16.5. The molecule has 1 aromatic carbocycles. The summed E-state index contributed by atoms with van der Waals surface area (Å²) in [5.74, 6) is 0.798. The molecular weight excluding hydrogens is 212 g/mol. The summed E-state index contributed by atoms with van der Waals surface area (Å²) in [5, 5.41) is 17.3. The number of nitriles is 2. The molecule has 0 amide bonds. The summed E-state index contributed by atoms with van der Waals surface area (Å²) >= 11 is 0. The molecule has 3 heteroatoms. The maximum atomic E-state index is 8.63. The smallest absolute Gasteiger partial charge is 0.130 e. The fourth-order valence-electron chi connectivity index (χ4n) is 1.21. The van der Waals surface area contributed by atoms with Crippen LogP contribution in [0.4, 0.5) is 0 Å². The van der Waals surface area contributed by atoms with E-state index in [1.54, 1.807) is 6.08 Å². The van der Waals surface area contributed by atoms with Crippen molar-refractivity contribution in [3.63, 3.8) is 0 Å². The number of hydrogen-bond donors (Lipinski definition) is 0. The third-order valence-corrected chi connectivity index (χ3v) is 2.34. The van der Waals surface area contributed by atoms with E-state index < -0.39 is 0 Å². The Hall–Kier alpha value is -2.26. The van der Waals surface area contributed by atoms with E-state index in [1.807, 2.05) is 43.3 Å². The Labute approximate surface area is 102 Å². The van der Waals surface area contributed by atoms with E-state index in [4.69, 9.17) is 15.3 Å². The van der Waals surface area contributed by atoms with Gasteiger partial charge in [-0.25, -0.2) is 0 Å². The second-order valence-corrected chi connectivity index (χ2v) is 3.69. The fourth-order valence-corrected chi connectivity index (χ4v) is 1.21. The molecule has 0 saturated heterocycles. The van der Waals surface area contributed by atoms with Gasteiger partial charge in [-0.05, 0) is 37.1 Å². The molecule has 3 nitrogen and oxygen atoms in total. The van der Waals surface area contributed by atoms with E-state index >= 15 is 0 Å². The summed E-state index contributed by atoms with van der Waals surface area (Å²) in [6.45, 7) is 4.07. The maximum absolute atomic E-state index is 8.63. The van der Waals surface area contributed by atoms with Crippen molar-refractivity contribution in [2.75, 3.05) is 0 Å². The van der Waals surface area contributed by atoms with Gasteiger partial charge in [0.05, 0.1) is 6.10 Å². The summed E-state index contributed by atoms with van der Waals surface area (Å²) in [6.07, 6.45) is 2.69. The third kappa shape index (κ3) is 4.01. The van der Waals surface area contributed by atoms with Crippen LogP contribution in [0.25, 0.3) is 6.08 Å². The van der Waals surface area contributed by atoms with Gasteiger partial charge >= 0.3 is 0 Å². The fraction of sp³-hybridized carbons (Fsp3) is 0.286. The lowest BCUT2D eigenvalue weighted by Crippen LogP contribution is -2.09. The zero-order chi connectivity index (χ0) is 12.7. The van der Waals surface area contributed by atoms with Gasteiger partial charge in [0, 0.05) is 0 Å². The van der Waals surface area contributed by atoms with Gasteiger partial charge in [0.25, 0.3) is 0 Å². The third-order valence-electron chi connectivity index (χ3n) is 2.34. The Morgan fingerprint density at radius 1 is 1.29 bits per heavy atom. The van der Waals surface area contributed by atoms with Crippen molar-refractivity contribution in [2.45, 2.75) is 26.4 Å². The molecular formula is C14H14N2O. The van der Waals surface area contributed by atoms with E-state index in [2.05, 4.69) is 6.92 Å². The zero-order valence-electron chi connectivity index (χ0n) is 9.97. The molecule has 1 aromatic rings. The molecule has 1 atom stereocenters. The Kier molecular flexibility index (Phi) is 4.78. The minimum absolute atomic E-state index is 0.0978. The van der Waals surface area contributed by atoms with E-state index in [1.165, 1.54) is 0 Å². The van der Waals surface area contributed by atoms with Gasteiger partial charge in [-0.2, -0.15) is 10.5 Å². The van der Waals surface area contributed by atoms with Crippen molar-refractivity contribution in [1.29, 1.82) is 10.5 Å². The zero-order valence-corrected chi connectivity index (χ0v) is 9.97. The van der Waals surface area contributed by atoms with Gasteiger partial charge in [0.15, 0.2) is 0 Å². The monoisotopic (exact) mass is 226 g/mol. The number of hydrogen-bond acceptors (Lipinski definition) is 3. The normalized spacial score (nSPS) is 10.8. The molecule has 0 aliphatic carbocycles. The van der Waals surface area contributed by atoms with E-state index in [0.717, 1.165) is 17.7 Å². The topological polar surface area (TPSA) is 56.8 Å². The first-order valence-corrected chi connectivity index (χ1v) is 5.48. The summed E-state index contributed by atoms with van der Waals surface area (Å²) in [6, 6.07) is 11.0. The highest BCUT2D eigenvalue weighted by Gasteiger charge is 2.00. The number of rotatable bonds is 4. The van der Waals surface area contributed by atoms with Crippen molar-refractivity contribution in [2.24, 2.45) is 0 Å². The quantitative estimate of drug-likeness (QED) is 0.740. The highest BCUT2D eigenvalue weighted by Crippen LogP contribution is 2.16. The molecule has 0 bridgehead atoms. The SMILES string of the molecule is CCC(C)Oc1ccc(C=C(C#N)C#N)cc1. The van der Waals surface area contributed by atoms with Gasteiger partial charge in [0.2, 0.25) is 0 Å². The minimum Gasteiger partial charge on any atom is -0.491 e. The van der Waals surface area contributed by atoms with Crippen LogP contribution in [-0.2, 0) is 0 Å². The van der Waals surface area contributed by atoms with Crippen molar-refractivity contribution in [3.8, 4) is 17.9 Å². The molecule has 0 N–H and O–H groups in total. The first-order valence-electron chi connectivity index (χ1n) is 5.48. The predicted molar refractivity (Wildman–Crippen MR) is 66.0 cm³/mol. The van der Waals surface area contributed by atoms with Crippen LogP contribution in [0.5, 0.6) is 5.75 Å². The summed E-state index contributed by atoms with van der Waals surface area (Å²) in [5.41, 5.74) is 0.917. The summed E-state index contributed by atoms with van der Waals surface area (Å²) in [4.78, 5) is 0. The highest BCUT2D eigenvalue weighted by molar-refractivity contribution is 5.62. The van der Waals surface area contributed by atoms with E-state index in [9.17, 15) is 0 Å². The number of ether oxygens (including phenoxy) is 1. The van der Waals surface area contributed by atoms with Crippen molar-refractivity contribution >= 4 is 6.08 Å². The number of benzene rings is 1. The summed E-state index contributed by atoms with van der Waals surface area (Å²) < 4.78 is 5.63. The first kappa shape index (κ1) is 12.8.